The van der Waals surface area contributed by atoms with E-state index >= 15 is 0 Å². The van der Waals surface area contributed by atoms with Gasteiger partial charge in [0.1, 0.15) is 11.6 Å². The summed E-state index contributed by atoms with van der Waals surface area (Å²) in [6.45, 7) is 4.02. The van der Waals surface area contributed by atoms with E-state index in [0.29, 0.717) is 15.3 Å². The van der Waals surface area contributed by atoms with Crippen LogP contribution in [0.1, 0.15) is 19.9 Å². The lowest BCUT2D eigenvalue weighted by molar-refractivity contribution is -0.113. The highest BCUT2D eigenvalue weighted by Gasteiger charge is 2.12. The first-order valence-electron chi connectivity index (χ1n) is 8.26. The summed E-state index contributed by atoms with van der Waals surface area (Å²) in [7, 11) is 1.62. The monoisotopic (exact) mass is 404 g/mol. The number of methoxy groups -OCH3 is 1. The fraction of sp³-hybridized carbons (Fsp3) is 0.294. The van der Waals surface area contributed by atoms with E-state index in [1.165, 1.54) is 23.1 Å². The van der Waals surface area contributed by atoms with Crippen LogP contribution in [0.15, 0.2) is 40.9 Å². The number of thioether (sulfide) groups is 1. The van der Waals surface area contributed by atoms with Crippen LogP contribution in [0.3, 0.4) is 0 Å². The third kappa shape index (κ3) is 4.98. The van der Waals surface area contributed by atoms with Gasteiger partial charge in [0.2, 0.25) is 11.0 Å². The Kier molecular flexibility index (Phi) is 6.30. The van der Waals surface area contributed by atoms with Crippen molar-refractivity contribution in [3.63, 3.8) is 0 Å². The summed E-state index contributed by atoms with van der Waals surface area (Å²) in [4.78, 5) is 12.2. The molecule has 0 saturated carbocycles. The average molecular weight is 405 g/mol. The number of aromatic nitrogens is 4. The molecule has 0 aliphatic carbocycles. The zero-order valence-corrected chi connectivity index (χ0v) is 16.8. The zero-order chi connectivity index (χ0) is 19.2. The molecule has 1 aromatic carbocycles. The molecule has 2 N–H and O–H groups in total. The highest BCUT2D eigenvalue weighted by molar-refractivity contribution is 8.01. The number of amides is 1. The standard InChI is InChI=1S/C17H20N6O2S2/c1-11(2)23-14(8-9-18-23)20-15(24)10-26-17-22-21-16(27-17)19-12-6-4-5-7-13(12)25-3/h4-9,11H,10H2,1-3H3,(H,19,21)(H,20,24). The molecule has 2 heterocycles. The first kappa shape index (κ1) is 19.2. The van der Waals surface area contributed by atoms with Crippen molar-refractivity contribution >= 4 is 45.6 Å². The SMILES string of the molecule is COc1ccccc1Nc1nnc(SCC(=O)Nc2ccnn2C(C)C)s1. The number of nitrogens with zero attached hydrogens (tertiary/aromatic N) is 4. The van der Waals surface area contributed by atoms with E-state index in [1.54, 1.807) is 24.1 Å². The predicted octanol–water partition coefficient (Wildman–Crippen LogP) is 3.80. The highest BCUT2D eigenvalue weighted by atomic mass is 32.2. The lowest BCUT2D eigenvalue weighted by Gasteiger charge is -2.11. The quantitative estimate of drug-likeness (QED) is 0.552. The maximum atomic E-state index is 12.2. The fourth-order valence-electron chi connectivity index (χ4n) is 2.31. The molecular formula is C17H20N6O2S2. The van der Waals surface area contributed by atoms with Crippen molar-refractivity contribution in [2.45, 2.75) is 24.2 Å². The molecule has 142 valence electrons. The highest BCUT2D eigenvalue weighted by Crippen LogP contribution is 2.31. The number of nitrogens with one attached hydrogen (secondary N) is 2. The van der Waals surface area contributed by atoms with Crippen LogP contribution >= 0.6 is 23.1 Å². The second-order valence-corrected chi connectivity index (χ2v) is 7.99. The molecule has 8 nitrogen and oxygen atoms in total. The number of carbonyl (C=O) groups excluding carboxylic acids is 1. The summed E-state index contributed by atoms with van der Waals surface area (Å²) in [5, 5.41) is 19.1. The molecule has 2 aromatic heterocycles. The molecule has 3 aromatic rings. The lowest BCUT2D eigenvalue weighted by Crippen LogP contribution is -2.18. The molecule has 0 bridgehead atoms. The van der Waals surface area contributed by atoms with Crippen molar-refractivity contribution < 1.29 is 9.53 Å². The molecule has 0 atom stereocenters. The Morgan fingerprint density at radius 2 is 2.11 bits per heavy atom. The smallest absolute Gasteiger partial charge is 0.235 e. The van der Waals surface area contributed by atoms with Crippen LogP contribution in [0.5, 0.6) is 5.75 Å². The lowest BCUT2D eigenvalue weighted by atomic mass is 10.3. The van der Waals surface area contributed by atoms with Crippen LogP contribution in [0.25, 0.3) is 0 Å². The Bertz CT molecular complexity index is 908. The van der Waals surface area contributed by atoms with Crippen molar-refractivity contribution in [1.29, 1.82) is 0 Å². The van der Waals surface area contributed by atoms with Crippen molar-refractivity contribution in [2.24, 2.45) is 0 Å². The maximum Gasteiger partial charge on any atom is 0.235 e. The summed E-state index contributed by atoms with van der Waals surface area (Å²) < 4.78 is 7.78. The zero-order valence-electron chi connectivity index (χ0n) is 15.2. The Balaban J connectivity index is 1.55. The molecule has 0 aliphatic rings. The molecule has 27 heavy (non-hydrogen) atoms. The van der Waals surface area contributed by atoms with Gasteiger partial charge in [0, 0.05) is 12.1 Å². The van der Waals surface area contributed by atoms with E-state index in [4.69, 9.17) is 4.74 Å². The minimum Gasteiger partial charge on any atom is -0.495 e. The van der Waals surface area contributed by atoms with Crippen molar-refractivity contribution in [3.05, 3.63) is 36.5 Å². The Hall–Kier alpha value is -2.59. The molecule has 0 radical (unpaired) electrons. The average Bonchev–Trinajstić information content (AvgIpc) is 3.30. The number of benzene rings is 1. The van der Waals surface area contributed by atoms with Crippen LogP contribution in [0.2, 0.25) is 0 Å². The molecule has 10 heteroatoms. The molecule has 0 spiro atoms. The van der Waals surface area contributed by atoms with Gasteiger partial charge in [0.05, 0.1) is 24.7 Å². The number of carbonyl (C=O) groups is 1. The number of hydrogen-bond donors (Lipinski definition) is 2. The molecule has 0 aliphatic heterocycles. The van der Waals surface area contributed by atoms with Crippen LogP contribution in [-0.2, 0) is 4.79 Å². The summed E-state index contributed by atoms with van der Waals surface area (Å²) in [6, 6.07) is 9.53. The van der Waals surface area contributed by atoms with E-state index in [2.05, 4.69) is 25.9 Å². The Labute approximate surface area is 165 Å². The van der Waals surface area contributed by atoms with Crippen LogP contribution in [-0.4, -0.2) is 38.7 Å². The number of para-hydroxylation sites is 2. The van der Waals surface area contributed by atoms with Crippen LogP contribution in [0, 0.1) is 0 Å². The van der Waals surface area contributed by atoms with Crippen molar-refractivity contribution in [3.8, 4) is 5.75 Å². The van der Waals surface area contributed by atoms with Gasteiger partial charge in [-0.15, -0.1) is 10.2 Å². The number of ether oxygens (including phenoxy) is 1. The maximum absolute atomic E-state index is 12.2. The topological polar surface area (TPSA) is 94.0 Å². The van der Waals surface area contributed by atoms with Gasteiger partial charge in [-0.2, -0.15) is 5.10 Å². The summed E-state index contributed by atoms with van der Waals surface area (Å²) >= 11 is 2.72. The molecule has 0 fully saturated rings. The van der Waals surface area contributed by atoms with Crippen molar-refractivity contribution in [1.82, 2.24) is 20.0 Å². The Morgan fingerprint density at radius 1 is 1.30 bits per heavy atom. The molecule has 3 rings (SSSR count). The normalized spacial score (nSPS) is 10.8. The number of hydrogen-bond acceptors (Lipinski definition) is 8. The largest absolute Gasteiger partial charge is 0.495 e. The van der Waals surface area contributed by atoms with E-state index in [-0.39, 0.29) is 17.7 Å². The van der Waals surface area contributed by atoms with Gasteiger partial charge in [-0.05, 0) is 26.0 Å². The van der Waals surface area contributed by atoms with E-state index < -0.39 is 0 Å². The molecule has 0 saturated heterocycles. The van der Waals surface area contributed by atoms with Gasteiger partial charge < -0.3 is 15.4 Å². The van der Waals surface area contributed by atoms with E-state index in [9.17, 15) is 4.79 Å². The molecule has 0 unspecified atom stereocenters. The summed E-state index contributed by atoms with van der Waals surface area (Å²) in [6.07, 6.45) is 1.67. The molecule has 1 amide bonds. The second kappa shape index (κ2) is 8.87. The van der Waals surface area contributed by atoms with Gasteiger partial charge in [-0.3, -0.25) is 4.79 Å². The first-order chi connectivity index (χ1) is 13.1. The van der Waals surface area contributed by atoms with Crippen LogP contribution < -0.4 is 15.4 Å². The van der Waals surface area contributed by atoms with Gasteiger partial charge in [-0.25, -0.2) is 4.68 Å². The minimum absolute atomic E-state index is 0.114. The van der Waals surface area contributed by atoms with Crippen LogP contribution in [0.4, 0.5) is 16.6 Å². The van der Waals surface area contributed by atoms with Gasteiger partial charge >= 0.3 is 0 Å². The van der Waals surface area contributed by atoms with E-state index in [1.807, 2.05) is 38.1 Å². The predicted molar refractivity (Wildman–Crippen MR) is 108 cm³/mol. The number of rotatable bonds is 8. The van der Waals surface area contributed by atoms with E-state index in [0.717, 1.165) is 11.4 Å². The fourth-order valence-corrected chi connectivity index (χ4v) is 3.88. The Morgan fingerprint density at radius 3 is 2.89 bits per heavy atom. The summed E-state index contributed by atoms with van der Waals surface area (Å²) in [5.74, 6) is 1.54. The molecular weight excluding hydrogens is 384 g/mol. The van der Waals surface area contributed by atoms with Gasteiger partial charge in [0.25, 0.3) is 0 Å². The van der Waals surface area contributed by atoms with Crippen molar-refractivity contribution in [2.75, 3.05) is 23.5 Å². The third-order valence-electron chi connectivity index (χ3n) is 3.51. The van der Waals surface area contributed by atoms with Gasteiger partial charge in [-0.1, -0.05) is 35.2 Å². The third-order valence-corrected chi connectivity index (χ3v) is 5.48. The number of anilines is 3. The minimum atomic E-state index is -0.114. The summed E-state index contributed by atoms with van der Waals surface area (Å²) in [5.41, 5.74) is 0.812. The first-order valence-corrected chi connectivity index (χ1v) is 10.1. The van der Waals surface area contributed by atoms with Gasteiger partial charge in [0.15, 0.2) is 4.34 Å². The second-order valence-electron chi connectivity index (χ2n) is 5.79.